The van der Waals surface area contributed by atoms with Crippen molar-refractivity contribution in [2.75, 3.05) is 44.6 Å². The number of carbonyl (C=O) groups excluding carboxylic acids is 2. The normalized spacial score (nSPS) is 14.4. The molecular formula is C24H26Cl4N4O2. The first-order chi connectivity index (χ1) is 16.3. The predicted octanol–water partition coefficient (Wildman–Crippen LogP) is 6.06. The molecule has 0 radical (unpaired) electrons. The molecule has 0 unspecified atom stereocenters. The molecule has 3 amide bonds. The fourth-order valence-electron chi connectivity index (χ4n) is 3.47. The maximum absolute atomic E-state index is 12.5. The van der Waals surface area contributed by atoms with Gasteiger partial charge in [0, 0.05) is 44.5 Å². The smallest absolute Gasteiger partial charge is 0.321 e. The summed E-state index contributed by atoms with van der Waals surface area (Å²) in [5.41, 5.74) is 1.44. The summed E-state index contributed by atoms with van der Waals surface area (Å²) in [5, 5.41) is 7.54. The molecule has 0 spiro atoms. The van der Waals surface area contributed by atoms with E-state index in [1.54, 1.807) is 47.4 Å². The number of urea groups is 1. The SMILES string of the molecule is O=C(/C=C/c1ccc(Cl)c(Cl)c1)NCCCCN1CCN(C(=O)Nc2ccc(Cl)c(Cl)c2)CC1. The quantitative estimate of drug-likeness (QED) is 0.314. The molecule has 0 aliphatic carbocycles. The fraction of sp³-hybridized carbons (Fsp3) is 0.333. The highest BCUT2D eigenvalue weighted by Gasteiger charge is 2.21. The van der Waals surface area contributed by atoms with E-state index < -0.39 is 0 Å². The topological polar surface area (TPSA) is 64.7 Å². The van der Waals surface area contributed by atoms with Crippen molar-refractivity contribution in [3.8, 4) is 0 Å². The molecule has 0 aromatic heterocycles. The van der Waals surface area contributed by atoms with Gasteiger partial charge in [0.2, 0.25) is 5.91 Å². The van der Waals surface area contributed by atoms with Gasteiger partial charge in [-0.05, 0) is 61.4 Å². The Morgan fingerprint density at radius 2 is 1.53 bits per heavy atom. The average molecular weight is 544 g/mol. The maximum atomic E-state index is 12.5. The van der Waals surface area contributed by atoms with Crippen molar-refractivity contribution >= 4 is 70.1 Å². The molecule has 1 saturated heterocycles. The molecule has 34 heavy (non-hydrogen) atoms. The van der Waals surface area contributed by atoms with Crippen LogP contribution in [0.4, 0.5) is 10.5 Å². The second-order valence-electron chi connectivity index (χ2n) is 7.89. The minimum absolute atomic E-state index is 0.144. The highest BCUT2D eigenvalue weighted by Crippen LogP contribution is 2.25. The standard InChI is InChI=1S/C24H26Cl4N4O2/c25-19-6-3-17(15-21(19)27)4-8-23(33)29-9-1-2-10-31-11-13-32(14-12-31)24(34)30-18-5-7-20(26)22(28)16-18/h3-8,15-16H,1-2,9-14H2,(H,29,33)(H,30,34)/b8-4+. The summed E-state index contributed by atoms with van der Waals surface area (Å²) in [5.74, 6) is -0.146. The number of carbonyl (C=O) groups is 2. The van der Waals surface area contributed by atoms with Gasteiger partial charge in [-0.25, -0.2) is 4.79 Å². The van der Waals surface area contributed by atoms with Crippen LogP contribution in [-0.4, -0.2) is 61.0 Å². The number of amides is 3. The Kier molecular flexibility index (Phi) is 10.4. The van der Waals surface area contributed by atoms with Gasteiger partial charge in [0.15, 0.2) is 0 Å². The van der Waals surface area contributed by atoms with Crippen molar-refractivity contribution in [2.45, 2.75) is 12.8 Å². The second-order valence-corrected chi connectivity index (χ2v) is 9.52. The molecular weight excluding hydrogens is 518 g/mol. The number of hydrogen-bond donors (Lipinski definition) is 2. The lowest BCUT2D eigenvalue weighted by Gasteiger charge is -2.34. The zero-order valence-corrected chi connectivity index (χ0v) is 21.5. The Bertz CT molecular complexity index is 1040. The van der Waals surface area contributed by atoms with Gasteiger partial charge in [0.1, 0.15) is 0 Å². The number of piperazine rings is 1. The highest BCUT2D eigenvalue weighted by atomic mass is 35.5. The zero-order valence-electron chi connectivity index (χ0n) is 18.5. The first-order valence-corrected chi connectivity index (χ1v) is 12.5. The van der Waals surface area contributed by atoms with Crippen LogP contribution in [0.25, 0.3) is 6.08 Å². The van der Waals surface area contributed by atoms with Gasteiger partial charge in [-0.2, -0.15) is 0 Å². The summed E-state index contributed by atoms with van der Waals surface area (Å²) < 4.78 is 0. The number of nitrogens with one attached hydrogen (secondary N) is 2. The number of rotatable bonds is 8. The van der Waals surface area contributed by atoms with E-state index in [1.807, 2.05) is 0 Å². The van der Waals surface area contributed by atoms with Crippen molar-refractivity contribution in [3.63, 3.8) is 0 Å². The van der Waals surface area contributed by atoms with E-state index in [-0.39, 0.29) is 11.9 Å². The number of halogens is 4. The van der Waals surface area contributed by atoms with Gasteiger partial charge in [-0.3, -0.25) is 9.69 Å². The van der Waals surface area contributed by atoms with Gasteiger partial charge in [0.05, 0.1) is 20.1 Å². The van der Waals surface area contributed by atoms with Crippen molar-refractivity contribution in [1.82, 2.24) is 15.1 Å². The highest BCUT2D eigenvalue weighted by molar-refractivity contribution is 6.42. The number of hydrogen-bond acceptors (Lipinski definition) is 3. The van der Waals surface area contributed by atoms with Crippen LogP contribution in [0.15, 0.2) is 42.5 Å². The van der Waals surface area contributed by atoms with E-state index in [1.165, 1.54) is 6.08 Å². The molecule has 1 aliphatic heterocycles. The lowest BCUT2D eigenvalue weighted by molar-refractivity contribution is -0.116. The van der Waals surface area contributed by atoms with Gasteiger partial charge < -0.3 is 15.5 Å². The molecule has 1 heterocycles. The van der Waals surface area contributed by atoms with E-state index in [4.69, 9.17) is 46.4 Å². The first-order valence-electron chi connectivity index (χ1n) is 11.0. The van der Waals surface area contributed by atoms with E-state index >= 15 is 0 Å². The molecule has 3 rings (SSSR count). The monoisotopic (exact) mass is 542 g/mol. The lowest BCUT2D eigenvalue weighted by atomic mass is 10.2. The summed E-state index contributed by atoms with van der Waals surface area (Å²) in [7, 11) is 0. The molecule has 1 fully saturated rings. The van der Waals surface area contributed by atoms with Crippen LogP contribution in [-0.2, 0) is 4.79 Å². The summed E-state index contributed by atoms with van der Waals surface area (Å²) in [6, 6.07) is 10.1. The zero-order chi connectivity index (χ0) is 24.5. The summed E-state index contributed by atoms with van der Waals surface area (Å²) in [4.78, 5) is 28.6. The van der Waals surface area contributed by atoms with Crippen LogP contribution in [0.3, 0.4) is 0 Å². The molecule has 0 saturated carbocycles. The molecule has 1 aliphatic rings. The largest absolute Gasteiger partial charge is 0.353 e. The summed E-state index contributed by atoms with van der Waals surface area (Å²) >= 11 is 23.8. The van der Waals surface area contributed by atoms with E-state index in [9.17, 15) is 9.59 Å². The lowest BCUT2D eigenvalue weighted by Crippen LogP contribution is -2.50. The van der Waals surface area contributed by atoms with Crippen molar-refractivity contribution in [3.05, 3.63) is 68.1 Å². The van der Waals surface area contributed by atoms with Crippen LogP contribution in [0.2, 0.25) is 20.1 Å². The van der Waals surface area contributed by atoms with Gasteiger partial charge in [0.25, 0.3) is 0 Å². The molecule has 2 aromatic rings. The van der Waals surface area contributed by atoms with Crippen LogP contribution in [0.1, 0.15) is 18.4 Å². The Hall–Kier alpha value is -1.96. The summed E-state index contributed by atoms with van der Waals surface area (Å²) in [6.45, 7) is 4.47. The summed E-state index contributed by atoms with van der Waals surface area (Å²) in [6.07, 6.45) is 5.03. The van der Waals surface area contributed by atoms with Crippen molar-refractivity contribution < 1.29 is 9.59 Å². The maximum Gasteiger partial charge on any atom is 0.321 e. The number of anilines is 1. The third-order valence-corrected chi connectivity index (χ3v) is 6.88. The molecule has 6 nitrogen and oxygen atoms in total. The van der Waals surface area contributed by atoms with Crippen LogP contribution >= 0.6 is 46.4 Å². The van der Waals surface area contributed by atoms with Crippen molar-refractivity contribution in [1.29, 1.82) is 0 Å². The number of nitrogens with zero attached hydrogens (tertiary/aromatic N) is 2. The molecule has 2 aromatic carbocycles. The Morgan fingerprint density at radius 1 is 0.853 bits per heavy atom. The molecule has 10 heteroatoms. The Labute approximate surface area is 219 Å². The molecule has 182 valence electrons. The van der Waals surface area contributed by atoms with E-state index in [0.717, 1.165) is 38.0 Å². The van der Waals surface area contributed by atoms with E-state index in [2.05, 4.69) is 15.5 Å². The first kappa shape index (κ1) is 26.6. The van der Waals surface area contributed by atoms with Crippen LogP contribution < -0.4 is 10.6 Å². The fourth-order valence-corrected chi connectivity index (χ4v) is 4.07. The van der Waals surface area contributed by atoms with Gasteiger partial charge >= 0.3 is 6.03 Å². The van der Waals surface area contributed by atoms with E-state index in [0.29, 0.717) is 45.4 Å². The van der Waals surface area contributed by atoms with Crippen molar-refractivity contribution in [2.24, 2.45) is 0 Å². The molecule has 2 N–H and O–H groups in total. The Morgan fingerprint density at radius 3 is 2.21 bits per heavy atom. The Balaban J connectivity index is 1.28. The minimum Gasteiger partial charge on any atom is -0.353 e. The number of benzene rings is 2. The van der Waals surface area contributed by atoms with Gasteiger partial charge in [-0.1, -0.05) is 52.5 Å². The predicted molar refractivity (Wildman–Crippen MR) is 141 cm³/mol. The minimum atomic E-state index is -0.146. The van der Waals surface area contributed by atoms with Gasteiger partial charge in [-0.15, -0.1) is 0 Å². The van der Waals surface area contributed by atoms with Crippen LogP contribution in [0.5, 0.6) is 0 Å². The molecule has 0 bridgehead atoms. The average Bonchev–Trinajstić information content (AvgIpc) is 2.82. The third-order valence-electron chi connectivity index (χ3n) is 5.40. The van der Waals surface area contributed by atoms with Crippen LogP contribution in [0, 0.1) is 0 Å². The second kappa shape index (κ2) is 13.2. The molecule has 0 atom stereocenters. The third kappa shape index (κ3) is 8.36. The number of unbranched alkanes of at least 4 members (excludes halogenated alkanes) is 1.